The van der Waals surface area contributed by atoms with Gasteiger partial charge in [-0.3, -0.25) is 9.69 Å². The normalized spacial score (nSPS) is 28.9. The molecular formula is C28H41N3O4. The number of hydrogen-bond acceptors (Lipinski definition) is 5. The van der Waals surface area contributed by atoms with Crippen molar-refractivity contribution in [3.05, 3.63) is 35.4 Å². The van der Waals surface area contributed by atoms with Crippen LogP contribution in [0, 0.1) is 18.8 Å². The van der Waals surface area contributed by atoms with Crippen LogP contribution in [-0.4, -0.2) is 72.8 Å². The Balaban J connectivity index is 1.03. The summed E-state index contributed by atoms with van der Waals surface area (Å²) >= 11 is 0. The number of rotatable bonds is 7. The first-order valence-corrected chi connectivity index (χ1v) is 13.6. The third-order valence-corrected chi connectivity index (χ3v) is 8.56. The number of benzene rings is 1. The van der Waals surface area contributed by atoms with E-state index in [0.29, 0.717) is 19.0 Å². The first-order chi connectivity index (χ1) is 17.0. The molecule has 0 bridgehead atoms. The molecule has 3 aliphatic heterocycles. The predicted molar refractivity (Wildman–Crippen MR) is 134 cm³/mol. The van der Waals surface area contributed by atoms with Crippen LogP contribution in [0.5, 0.6) is 0 Å². The Morgan fingerprint density at radius 3 is 2.51 bits per heavy atom. The van der Waals surface area contributed by atoms with Crippen LogP contribution >= 0.6 is 0 Å². The molecule has 3 saturated heterocycles. The number of hydrogen-bond donors (Lipinski definition) is 1. The lowest BCUT2D eigenvalue weighted by Crippen LogP contribution is -2.47. The minimum atomic E-state index is -0.319. The topological polar surface area (TPSA) is 71.1 Å². The lowest BCUT2D eigenvalue weighted by molar-refractivity contribution is -0.126. The van der Waals surface area contributed by atoms with Crippen molar-refractivity contribution in [1.82, 2.24) is 15.1 Å². The highest BCUT2D eigenvalue weighted by atomic mass is 16.6. The number of likely N-dealkylation sites (tertiary alicyclic amines) is 1. The van der Waals surface area contributed by atoms with Crippen LogP contribution in [0.2, 0.25) is 0 Å². The maximum atomic E-state index is 12.7. The minimum absolute atomic E-state index is 0.0994. The number of nitrogens with zero attached hydrogens (tertiary/aromatic N) is 2. The second-order valence-electron chi connectivity index (χ2n) is 11.3. The van der Waals surface area contributed by atoms with Crippen molar-refractivity contribution in [2.24, 2.45) is 11.8 Å². The van der Waals surface area contributed by atoms with E-state index in [9.17, 15) is 9.59 Å². The fourth-order valence-corrected chi connectivity index (χ4v) is 6.25. The Bertz CT molecular complexity index is 867. The molecule has 1 spiro atoms. The van der Waals surface area contributed by atoms with Gasteiger partial charge < -0.3 is 19.7 Å². The zero-order valence-corrected chi connectivity index (χ0v) is 21.2. The SMILES string of the molecule is Cc1ccc(CN2CCC3(CC2)CN(CC2CCC(C(=O)NCC4CCCO4)CC2)C(=O)O3)cc1. The van der Waals surface area contributed by atoms with E-state index in [0.717, 1.165) is 84.2 Å². The Hall–Kier alpha value is -2.12. The van der Waals surface area contributed by atoms with Gasteiger partial charge in [0.05, 0.1) is 12.6 Å². The lowest BCUT2D eigenvalue weighted by Gasteiger charge is -2.37. The highest BCUT2D eigenvalue weighted by Gasteiger charge is 2.47. The van der Waals surface area contributed by atoms with Crippen molar-refractivity contribution in [2.45, 2.75) is 76.5 Å². The van der Waals surface area contributed by atoms with Gasteiger partial charge >= 0.3 is 6.09 Å². The predicted octanol–water partition coefficient (Wildman–Crippen LogP) is 3.88. The summed E-state index contributed by atoms with van der Waals surface area (Å²) in [5, 5.41) is 3.10. The van der Waals surface area contributed by atoms with Gasteiger partial charge in [0, 0.05) is 58.1 Å². The zero-order valence-electron chi connectivity index (χ0n) is 21.2. The Kier molecular flexibility index (Phi) is 7.63. The van der Waals surface area contributed by atoms with E-state index in [4.69, 9.17) is 9.47 Å². The highest BCUT2D eigenvalue weighted by molar-refractivity contribution is 5.78. The largest absolute Gasteiger partial charge is 0.441 e. The molecule has 3 heterocycles. The third kappa shape index (κ3) is 6.18. The Morgan fingerprint density at radius 1 is 1.09 bits per heavy atom. The molecule has 35 heavy (non-hydrogen) atoms. The number of carbonyl (C=O) groups is 2. The molecule has 1 saturated carbocycles. The molecule has 4 fully saturated rings. The van der Waals surface area contributed by atoms with E-state index in [1.54, 1.807) is 0 Å². The highest BCUT2D eigenvalue weighted by Crippen LogP contribution is 2.36. The number of nitrogens with one attached hydrogen (secondary N) is 1. The number of amides is 2. The lowest BCUT2D eigenvalue weighted by atomic mass is 9.81. The van der Waals surface area contributed by atoms with Crippen LogP contribution in [0.1, 0.15) is 62.5 Å². The minimum Gasteiger partial charge on any atom is -0.441 e. The van der Waals surface area contributed by atoms with Crippen molar-refractivity contribution < 1.29 is 19.1 Å². The molecule has 192 valence electrons. The van der Waals surface area contributed by atoms with E-state index in [1.807, 2.05) is 4.90 Å². The Morgan fingerprint density at radius 2 is 1.83 bits per heavy atom. The van der Waals surface area contributed by atoms with E-state index >= 15 is 0 Å². The van der Waals surface area contributed by atoms with Crippen molar-refractivity contribution in [3.8, 4) is 0 Å². The van der Waals surface area contributed by atoms with Gasteiger partial charge in [0.15, 0.2) is 0 Å². The zero-order chi connectivity index (χ0) is 24.3. The smallest absolute Gasteiger partial charge is 0.410 e. The van der Waals surface area contributed by atoms with Gasteiger partial charge in [0.1, 0.15) is 5.60 Å². The molecule has 7 heteroatoms. The van der Waals surface area contributed by atoms with E-state index in [1.165, 1.54) is 11.1 Å². The monoisotopic (exact) mass is 483 g/mol. The fourth-order valence-electron chi connectivity index (χ4n) is 6.25. The third-order valence-electron chi connectivity index (χ3n) is 8.56. The van der Waals surface area contributed by atoms with Gasteiger partial charge in [-0.2, -0.15) is 0 Å². The number of ether oxygens (including phenoxy) is 2. The molecule has 1 aromatic rings. The summed E-state index contributed by atoms with van der Waals surface area (Å²) < 4.78 is 11.6. The average Bonchev–Trinajstić information content (AvgIpc) is 3.49. The van der Waals surface area contributed by atoms with Crippen LogP contribution in [0.15, 0.2) is 24.3 Å². The quantitative estimate of drug-likeness (QED) is 0.637. The van der Waals surface area contributed by atoms with Crippen molar-refractivity contribution in [3.63, 3.8) is 0 Å². The van der Waals surface area contributed by atoms with E-state index < -0.39 is 0 Å². The molecule has 1 atom stereocenters. The Labute approximate surface area is 209 Å². The maximum Gasteiger partial charge on any atom is 0.410 e. The molecule has 1 N–H and O–H groups in total. The van der Waals surface area contributed by atoms with E-state index in [2.05, 4.69) is 41.4 Å². The molecule has 5 rings (SSSR count). The van der Waals surface area contributed by atoms with E-state index in [-0.39, 0.29) is 29.6 Å². The molecule has 4 aliphatic rings. The van der Waals surface area contributed by atoms with Gasteiger partial charge in [-0.15, -0.1) is 0 Å². The summed E-state index contributed by atoms with van der Waals surface area (Å²) in [6.07, 6.45) is 7.80. The number of aryl methyl sites for hydroxylation is 1. The maximum absolute atomic E-state index is 12.7. The summed E-state index contributed by atoms with van der Waals surface area (Å²) in [4.78, 5) is 29.7. The van der Waals surface area contributed by atoms with Gasteiger partial charge in [-0.25, -0.2) is 4.79 Å². The molecule has 1 aromatic carbocycles. The summed E-state index contributed by atoms with van der Waals surface area (Å²) in [6.45, 7) is 7.93. The van der Waals surface area contributed by atoms with Crippen molar-refractivity contribution in [1.29, 1.82) is 0 Å². The summed E-state index contributed by atoms with van der Waals surface area (Å²) in [7, 11) is 0. The molecular weight excluding hydrogens is 442 g/mol. The number of piperidine rings is 1. The van der Waals surface area contributed by atoms with Gasteiger partial charge in [-0.05, 0) is 56.9 Å². The number of carbonyl (C=O) groups excluding carboxylic acids is 2. The second-order valence-corrected chi connectivity index (χ2v) is 11.3. The van der Waals surface area contributed by atoms with Crippen molar-refractivity contribution >= 4 is 12.0 Å². The van der Waals surface area contributed by atoms with Gasteiger partial charge in [-0.1, -0.05) is 29.8 Å². The van der Waals surface area contributed by atoms with Crippen LogP contribution in [-0.2, 0) is 20.8 Å². The fraction of sp³-hybridized carbons (Fsp3) is 0.714. The van der Waals surface area contributed by atoms with Crippen LogP contribution < -0.4 is 5.32 Å². The standard InChI is InChI=1S/C28H41N3O4/c1-21-4-6-22(7-5-21)18-30-14-12-28(13-15-30)20-31(27(33)35-28)19-23-8-10-24(11-9-23)26(32)29-17-25-3-2-16-34-25/h4-7,23-25H,2-3,8-20H2,1H3,(H,29,32). The molecule has 2 amide bonds. The summed E-state index contributed by atoms with van der Waals surface area (Å²) in [5.41, 5.74) is 2.31. The van der Waals surface area contributed by atoms with Crippen molar-refractivity contribution in [2.75, 3.05) is 39.3 Å². The van der Waals surface area contributed by atoms with Crippen LogP contribution in [0.3, 0.4) is 0 Å². The molecule has 1 unspecified atom stereocenters. The average molecular weight is 484 g/mol. The first-order valence-electron chi connectivity index (χ1n) is 13.6. The summed E-state index contributed by atoms with van der Waals surface area (Å²) in [5.74, 6) is 0.736. The second kappa shape index (κ2) is 10.9. The van der Waals surface area contributed by atoms with Crippen LogP contribution in [0.4, 0.5) is 4.79 Å². The molecule has 1 aliphatic carbocycles. The summed E-state index contributed by atoms with van der Waals surface area (Å²) in [6, 6.07) is 8.75. The molecule has 0 radical (unpaired) electrons. The van der Waals surface area contributed by atoms with Gasteiger partial charge in [0.2, 0.25) is 5.91 Å². The van der Waals surface area contributed by atoms with Crippen LogP contribution in [0.25, 0.3) is 0 Å². The van der Waals surface area contributed by atoms with Gasteiger partial charge in [0.25, 0.3) is 0 Å². The first kappa shape index (κ1) is 24.6. The molecule has 0 aromatic heterocycles. The molecule has 7 nitrogen and oxygen atoms in total.